The van der Waals surface area contributed by atoms with E-state index in [1.54, 1.807) is 0 Å². The van der Waals surface area contributed by atoms with Gasteiger partial charge in [-0.3, -0.25) is 0 Å². The van der Waals surface area contributed by atoms with Crippen molar-refractivity contribution in [3.63, 3.8) is 0 Å². The predicted molar refractivity (Wildman–Crippen MR) is 78.6 cm³/mol. The molecule has 0 heterocycles. The average Bonchev–Trinajstić information content (AvgIpc) is 2.47. The van der Waals surface area contributed by atoms with Crippen LogP contribution in [-0.2, 0) is 24.2 Å². The summed E-state index contributed by atoms with van der Waals surface area (Å²) >= 11 is 7.37. The van der Waals surface area contributed by atoms with Gasteiger partial charge in [0.05, 0.1) is 0 Å². The minimum absolute atomic E-state index is 0.783. The molecule has 0 aromatic heterocycles. The normalized spacial score (nSPS) is 10.7. The first kappa shape index (κ1) is 13.0. The molecule has 0 atom stereocenters. The SMILES string of the molecule is Clc1ccc([C](=[Zr+2])c2cccc3ccccc23)cc1. The van der Waals surface area contributed by atoms with Gasteiger partial charge in [-0.25, -0.2) is 0 Å². The van der Waals surface area contributed by atoms with Crippen LogP contribution in [0.4, 0.5) is 0 Å². The Bertz CT molecular complexity index is 739. The molecule has 0 fully saturated rings. The van der Waals surface area contributed by atoms with Gasteiger partial charge in [-0.15, -0.1) is 0 Å². The third kappa shape index (κ3) is 2.64. The summed E-state index contributed by atoms with van der Waals surface area (Å²) in [6.07, 6.45) is 0. The minimum atomic E-state index is 0.783. The van der Waals surface area contributed by atoms with Crippen LogP contribution in [0.5, 0.6) is 0 Å². The van der Waals surface area contributed by atoms with E-state index in [1.165, 1.54) is 49.3 Å². The van der Waals surface area contributed by atoms with Crippen molar-refractivity contribution in [1.29, 1.82) is 0 Å². The molecule has 0 saturated carbocycles. The summed E-state index contributed by atoms with van der Waals surface area (Å²) < 4.78 is 1.36. The Hall–Kier alpha value is -1.04. The van der Waals surface area contributed by atoms with E-state index in [2.05, 4.69) is 54.6 Å². The molecule has 3 rings (SSSR count). The molecule has 0 bridgehead atoms. The van der Waals surface area contributed by atoms with E-state index >= 15 is 0 Å². The van der Waals surface area contributed by atoms with Gasteiger partial charge in [-0.1, -0.05) is 0 Å². The van der Waals surface area contributed by atoms with Crippen LogP contribution < -0.4 is 0 Å². The quantitative estimate of drug-likeness (QED) is 0.638. The summed E-state index contributed by atoms with van der Waals surface area (Å²) in [5.41, 5.74) is 2.57. The van der Waals surface area contributed by atoms with Gasteiger partial charge in [0.1, 0.15) is 0 Å². The van der Waals surface area contributed by atoms with E-state index in [0.717, 1.165) is 5.02 Å². The first-order valence-electron chi connectivity index (χ1n) is 6.08. The molecular weight excluding hydrogens is 331 g/mol. The maximum absolute atomic E-state index is 5.96. The third-order valence-electron chi connectivity index (χ3n) is 3.19. The van der Waals surface area contributed by atoms with Crippen molar-refractivity contribution in [2.45, 2.75) is 0 Å². The molecule has 0 radical (unpaired) electrons. The van der Waals surface area contributed by atoms with Crippen LogP contribution in [0.1, 0.15) is 11.1 Å². The van der Waals surface area contributed by atoms with Gasteiger partial charge in [0.15, 0.2) is 0 Å². The van der Waals surface area contributed by atoms with Crippen molar-refractivity contribution in [3.05, 3.63) is 82.9 Å². The molecule has 2 heteroatoms. The second kappa shape index (κ2) is 5.53. The van der Waals surface area contributed by atoms with Crippen molar-refractivity contribution in [3.8, 4) is 0 Å². The fraction of sp³-hybridized carbons (Fsp3) is 0. The molecule has 3 aromatic carbocycles. The van der Waals surface area contributed by atoms with E-state index < -0.39 is 0 Å². The van der Waals surface area contributed by atoms with Crippen LogP contribution in [-0.4, -0.2) is 3.21 Å². The van der Waals surface area contributed by atoms with Gasteiger partial charge in [-0.05, 0) is 0 Å². The first-order valence-corrected chi connectivity index (χ1v) is 7.69. The van der Waals surface area contributed by atoms with Gasteiger partial charge in [-0.2, -0.15) is 0 Å². The van der Waals surface area contributed by atoms with Crippen molar-refractivity contribution in [2.24, 2.45) is 0 Å². The van der Waals surface area contributed by atoms with Gasteiger partial charge >= 0.3 is 133 Å². The molecule has 0 amide bonds. The first-order chi connectivity index (χ1) is 9.25. The fourth-order valence-corrected chi connectivity index (χ4v) is 3.29. The monoisotopic (exact) mass is 340 g/mol. The van der Waals surface area contributed by atoms with Crippen molar-refractivity contribution in [2.75, 3.05) is 0 Å². The predicted octanol–water partition coefficient (Wildman–Crippen LogP) is 4.61. The number of halogens is 1. The Morgan fingerprint density at radius 1 is 0.789 bits per heavy atom. The van der Waals surface area contributed by atoms with Gasteiger partial charge in [0.25, 0.3) is 0 Å². The molecule has 0 N–H and O–H groups in total. The molecule has 0 unspecified atom stereocenters. The van der Waals surface area contributed by atoms with Crippen LogP contribution in [0, 0.1) is 0 Å². The van der Waals surface area contributed by atoms with Crippen LogP contribution in [0.2, 0.25) is 5.02 Å². The zero-order valence-electron chi connectivity index (χ0n) is 10.2. The van der Waals surface area contributed by atoms with Crippen LogP contribution in [0.25, 0.3) is 10.8 Å². The Morgan fingerprint density at radius 2 is 1.47 bits per heavy atom. The molecule has 0 spiro atoms. The van der Waals surface area contributed by atoms with Gasteiger partial charge in [0.2, 0.25) is 0 Å². The van der Waals surface area contributed by atoms with E-state index in [-0.39, 0.29) is 0 Å². The summed E-state index contributed by atoms with van der Waals surface area (Å²) in [5.74, 6) is 0. The summed E-state index contributed by atoms with van der Waals surface area (Å²) in [5, 5.41) is 3.38. The fourth-order valence-electron chi connectivity index (χ4n) is 2.22. The van der Waals surface area contributed by atoms with E-state index in [1.807, 2.05) is 12.1 Å². The van der Waals surface area contributed by atoms with Crippen LogP contribution in [0.15, 0.2) is 66.7 Å². The van der Waals surface area contributed by atoms with Crippen molar-refractivity contribution < 1.29 is 24.2 Å². The summed E-state index contributed by atoms with van der Waals surface area (Å²) in [4.78, 5) is 0. The summed E-state index contributed by atoms with van der Waals surface area (Å²) in [6.45, 7) is 0. The van der Waals surface area contributed by atoms with Gasteiger partial charge < -0.3 is 0 Å². The van der Waals surface area contributed by atoms with E-state index in [4.69, 9.17) is 11.6 Å². The Kier molecular flexibility index (Phi) is 3.77. The molecule has 0 aliphatic heterocycles. The molecule has 0 nitrogen and oxygen atoms in total. The van der Waals surface area contributed by atoms with Gasteiger partial charge in [0, 0.05) is 0 Å². The molecule has 0 aliphatic carbocycles. The molecule has 19 heavy (non-hydrogen) atoms. The molecule has 88 valence electrons. The zero-order chi connectivity index (χ0) is 13.2. The van der Waals surface area contributed by atoms with Crippen molar-refractivity contribution >= 4 is 25.6 Å². The van der Waals surface area contributed by atoms with Crippen molar-refractivity contribution in [1.82, 2.24) is 0 Å². The molecule has 3 aromatic rings. The second-order valence-electron chi connectivity index (χ2n) is 4.41. The zero-order valence-corrected chi connectivity index (χ0v) is 13.4. The topological polar surface area (TPSA) is 0 Å². The average molecular weight is 342 g/mol. The molecule has 0 saturated heterocycles. The Labute approximate surface area is 132 Å². The standard InChI is InChI=1S/C17H11Cl.Zr/c18-16-10-8-13(9-11-16)12-15-6-3-5-14-4-1-2-7-17(14)15;/h1-11H;/q;+2. The number of fused-ring (bicyclic) bond motifs is 1. The Balaban J connectivity index is 2.14. The second-order valence-corrected chi connectivity index (χ2v) is 6.07. The number of rotatable bonds is 2. The number of hydrogen-bond acceptors (Lipinski definition) is 0. The number of hydrogen-bond donors (Lipinski definition) is 0. The molecule has 0 aliphatic rings. The van der Waals surface area contributed by atoms with E-state index in [0.29, 0.717) is 0 Å². The van der Waals surface area contributed by atoms with Crippen LogP contribution >= 0.6 is 11.6 Å². The Morgan fingerprint density at radius 3 is 2.26 bits per heavy atom. The summed E-state index contributed by atoms with van der Waals surface area (Å²) in [7, 11) is 0. The van der Waals surface area contributed by atoms with E-state index in [9.17, 15) is 0 Å². The van der Waals surface area contributed by atoms with Crippen LogP contribution in [0.3, 0.4) is 0 Å². The third-order valence-corrected chi connectivity index (χ3v) is 4.82. The number of benzene rings is 3. The molecular formula is C17H11ClZr+2. The maximum atomic E-state index is 5.96. The summed E-state index contributed by atoms with van der Waals surface area (Å²) in [6, 6.07) is 23.1.